The topological polar surface area (TPSA) is 25.0 Å². The van der Waals surface area contributed by atoms with Gasteiger partial charge in [-0.25, -0.2) is 0 Å². The summed E-state index contributed by atoms with van der Waals surface area (Å²) in [5, 5.41) is 1.18. The van der Waals surface area contributed by atoms with Crippen molar-refractivity contribution in [1.29, 1.82) is 0 Å². The van der Waals surface area contributed by atoms with Crippen LogP contribution in [-0.2, 0) is 4.74 Å². The van der Waals surface area contributed by atoms with Crippen LogP contribution in [0.15, 0.2) is 36.9 Å². The van der Waals surface area contributed by atoms with Gasteiger partial charge < -0.3 is 9.72 Å². The van der Waals surface area contributed by atoms with E-state index in [0.29, 0.717) is 5.76 Å². The van der Waals surface area contributed by atoms with Crippen LogP contribution >= 0.6 is 0 Å². The molecule has 13 heavy (non-hydrogen) atoms. The number of H-pyrrole nitrogens is 1. The number of aromatic nitrogens is 1. The molecular formula is C11H11NO. The van der Waals surface area contributed by atoms with E-state index >= 15 is 0 Å². The van der Waals surface area contributed by atoms with Crippen molar-refractivity contribution < 1.29 is 4.74 Å². The molecule has 0 saturated carbocycles. The van der Waals surface area contributed by atoms with E-state index in [1.165, 1.54) is 5.39 Å². The van der Waals surface area contributed by atoms with E-state index in [9.17, 15) is 0 Å². The molecule has 1 heterocycles. The van der Waals surface area contributed by atoms with E-state index in [0.717, 1.165) is 11.2 Å². The summed E-state index contributed by atoms with van der Waals surface area (Å²) in [5.74, 6) is 0.663. The largest absolute Gasteiger partial charge is 0.495 e. The number of aromatic amines is 1. The van der Waals surface area contributed by atoms with E-state index < -0.39 is 0 Å². The van der Waals surface area contributed by atoms with Crippen molar-refractivity contribution in [1.82, 2.24) is 4.98 Å². The molecule has 1 N–H and O–H groups in total. The fourth-order valence-corrected chi connectivity index (χ4v) is 1.33. The molecular weight excluding hydrogens is 162 g/mol. The number of hydrogen-bond donors (Lipinski definition) is 1. The maximum atomic E-state index is 5.04. The lowest BCUT2D eigenvalue weighted by Gasteiger charge is -1.98. The molecule has 1 aromatic carbocycles. The maximum absolute atomic E-state index is 5.04. The lowest BCUT2D eigenvalue weighted by molar-refractivity contribution is 0.370. The van der Waals surface area contributed by atoms with Gasteiger partial charge in [0.15, 0.2) is 0 Å². The first kappa shape index (κ1) is 7.92. The fourth-order valence-electron chi connectivity index (χ4n) is 1.33. The molecule has 0 amide bonds. The fraction of sp³-hybridized carbons (Fsp3) is 0.0909. The first-order valence-electron chi connectivity index (χ1n) is 4.12. The van der Waals surface area contributed by atoms with Crippen LogP contribution in [0.2, 0.25) is 0 Å². The molecule has 2 nitrogen and oxygen atoms in total. The van der Waals surface area contributed by atoms with Gasteiger partial charge in [0.1, 0.15) is 5.76 Å². The Balaban J connectivity index is 2.56. The Labute approximate surface area is 76.8 Å². The van der Waals surface area contributed by atoms with Crippen LogP contribution in [0.25, 0.3) is 16.7 Å². The Morgan fingerprint density at radius 3 is 2.85 bits per heavy atom. The third kappa shape index (κ3) is 1.31. The Morgan fingerprint density at radius 2 is 2.15 bits per heavy atom. The van der Waals surface area contributed by atoms with Crippen molar-refractivity contribution in [2.75, 3.05) is 7.11 Å². The first-order valence-corrected chi connectivity index (χ1v) is 4.12. The van der Waals surface area contributed by atoms with Gasteiger partial charge in [0.05, 0.1) is 12.8 Å². The van der Waals surface area contributed by atoms with Crippen LogP contribution in [0.5, 0.6) is 0 Å². The summed E-state index contributed by atoms with van der Waals surface area (Å²) in [6.45, 7) is 3.79. The number of hydrogen-bond acceptors (Lipinski definition) is 1. The van der Waals surface area contributed by atoms with E-state index in [4.69, 9.17) is 4.74 Å². The Morgan fingerprint density at radius 1 is 1.38 bits per heavy atom. The SMILES string of the molecule is C=C(OC)c1cc2ccccc2[nH]1. The quantitative estimate of drug-likeness (QED) is 0.694. The van der Waals surface area contributed by atoms with Crippen molar-refractivity contribution in [3.05, 3.63) is 42.6 Å². The molecule has 2 rings (SSSR count). The number of para-hydroxylation sites is 1. The monoisotopic (exact) mass is 173 g/mol. The summed E-state index contributed by atoms with van der Waals surface area (Å²) in [7, 11) is 1.62. The predicted octanol–water partition coefficient (Wildman–Crippen LogP) is 2.79. The van der Waals surface area contributed by atoms with Crippen molar-refractivity contribution in [3.8, 4) is 0 Å². The minimum absolute atomic E-state index is 0.663. The van der Waals surface area contributed by atoms with Crippen LogP contribution in [0.1, 0.15) is 5.69 Å². The zero-order valence-corrected chi connectivity index (χ0v) is 7.50. The standard InChI is InChI=1S/C11H11NO/c1-8(13-2)11-7-9-5-3-4-6-10(9)12-11/h3-7,12H,1H2,2H3. The highest BCUT2D eigenvalue weighted by molar-refractivity contribution is 5.83. The first-order chi connectivity index (χ1) is 6.31. The summed E-state index contributed by atoms with van der Waals surface area (Å²) in [4.78, 5) is 3.22. The average molecular weight is 173 g/mol. The van der Waals surface area contributed by atoms with Gasteiger partial charge in [-0.3, -0.25) is 0 Å². The second kappa shape index (κ2) is 2.98. The zero-order chi connectivity index (χ0) is 9.26. The van der Waals surface area contributed by atoms with E-state index in [1.54, 1.807) is 7.11 Å². The van der Waals surface area contributed by atoms with Gasteiger partial charge in [-0.05, 0) is 12.1 Å². The van der Waals surface area contributed by atoms with E-state index in [1.807, 2.05) is 24.3 Å². The van der Waals surface area contributed by atoms with Gasteiger partial charge in [0, 0.05) is 10.9 Å². The second-order valence-electron chi connectivity index (χ2n) is 2.90. The summed E-state index contributed by atoms with van der Waals surface area (Å²) in [5.41, 5.74) is 2.04. The summed E-state index contributed by atoms with van der Waals surface area (Å²) in [6, 6.07) is 10.1. The highest BCUT2D eigenvalue weighted by atomic mass is 16.5. The lowest BCUT2D eigenvalue weighted by atomic mass is 10.2. The molecule has 0 aliphatic heterocycles. The van der Waals surface area contributed by atoms with Gasteiger partial charge in [0.25, 0.3) is 0 Å². The molecule has 0 saturated heterocycles. The van der Waals surface area contributed by atoms with Gasteiger partial charge in [0.2, 0.25) is 0 Å². The summed E-state index contributed by atoms with van der Waals surface area (Å²) < 4.78 is 5.04. The molecule has 0 unspecified atom stereocenters. The summed E-state index contributed by atoms with van der Waals surface area (Å²) in [6.07, 6.45) is 0. The van der Waals surface area contributed by atoms with Crippen LogP contribution in [-0.4, -0.2) is 12.1 Å². The highest BCUT2D eigenvalue weighted by Gasteiger charge is 2.02. The van der Waals surface area contributed by atoms with Crippen LogP contribution < -0.4 is 0 Å². The number of nitrogens with one attached hydrogen (secondary N) is 1. The zero-order valence-electron chi connectivity index (χ0n) is 7.50. The Hall–Kier alpha value is -1.70. The minimum atomic E-state index is 0.663. The molecule has 0 spiro atoms. The highest BCUT2D eigenvalue weighted by Crippen LogP contribution is 2.19. The summed E-state index contributed by atoms with van der Waals surface area (Å²) >= 11 is 0. The third-order valence-corrected chi connectivity index (χ3v) is 2.08. The Bertz CT molecular complexity index is 409. The molecule has 1 aromatic heterocycles. The Kier molecular flexibility index (Phi) is 1.81. The number of ether oxygens (including phenoxy) is 1. The minimum Gasteiger partial charge on any atom is -0.495 e. The van der Waals surface area contributed by atoms with E-state index in [-0.39, 0.29) is 0 Å². The van der Waals surface area contributed by atoms with Gasteiger partial charge in [-0.1, -0.05) is 24.8 Å². The van der Waals surface area contributed by atoms with Gasteiger partial charge >= 0.3 is 0 Å². The molecule has 0 radical (unpaired) electrons. The predicted molar refractivity (Wildman–Crippen MR) is 54.3 cm³/mol. The molecule has 0 bridgehead atoms. The number of benzene rings is 1. The van der Waals surface area contributed by atoms with Crippen LogP contribution in [0.3, 0.4) is 0 Å². The molecule has 0 fully saturated rings. The molecule has 0 aliphatic rings. The van der Waals surface area contributed by atoms with E-state index in [2.05, 4.69) is 17.6 Å². The van der Waals surface area contributed by atoms with Gasteiger partial charge in [-0.2, -0.15) is 0 Å². The average Bonchev–Trinajstić information content (AvgIpc) is 2.59. The number of rotatable bonds is 2. The number of fused-ring (bicyclic) bond motifs is 1. The lowest BCUT2D eigenvalue weighted by Crippen LogP contribution is -1.83. The van der Waals surface area contributed by atoms with Crippen molar-refractivity contribution in [3.63, 3.8) is 0 Å². The molecule has 2 heteroatoms. The molecule has 0 aliphatic carbocycles. The molecule has 66 valence electrons. The van der Waals surface area contributed by atoms with Crippen molar-refractivity contribution in [2.24, 2.45) is 0 Å². The van der Waals surface area contributed by atoms with Crippen molar-refractivity contribution >= 4 is 16.7 Å². The maximum Gasteiger partial charge on any atom is 0.135 e. The normalized spacial score (nSPS) is 10.2. The third-order valence-electron chi connectivity index (χ3n) is 2.08. The van der Waals surface area contributed by atoms with Crippen LogP contribution in [0.4, 0.5) is 0 Å². The second-order valence-corrected chi connectivity index (χ2v) is 2.90. The van der Waals surface area contributed by atoms with Crippen molar-refractivity contribution in [2.45, 2.75) is 0 Å². The number of methoxy groups -OCH3 is 1. The smallest absolute Gasteiger partial charge is 0.135 e. The van der Waals surface area contributed by atoms with Crippen LogP contribution in [0, 0.1) is 0 Å². The molecule has 0 atom stereocenters. The van der Waals surface area contributed by atoms with Gasteiger partial charge in [-0.15, -0.1) is 0 Å². The molecule has 2 aromatic rings.